The lowest BCUT2D eigenvalue weighted by atomic mass is 9.98. The Morgan fingerprint density at radius 1 is 1.43 bits per heavy atom. The third-order valence-electron chi connectivity index (χ3n) is 4.44. The molecule has 1 aliphatic rings. The number of hydrogen-bond acceptors (Lipinski definition) is 4. The fraction of sp³-hybridized carbons (Fsp3) is 0.688. The fourth-order valence-electron chi connectivity index (χ4n) is 2.48. The zero-order valence-corrected chi connectivity index (χ0v) is 12.8. The number of amides is 1. The summed E-state index contributed by atoms with van der Waals surface area (Å²) in [6, 6.07) is 3.93. The number of carbonyl (C=O) groups is 1. The van der Waals surface area contributed by atoms with Crippen LogP contribution in [0.2, 0.25) is 0 Å². The summed E-state index contributed by atoms with van der Waals surface area (Å²) in [4.78, 5) is 11.9. The molecule has 1 aromatic heterocycles. The van der Waals surface area contributed by atoms with Gasteiger partial charge in [-0.1, -0.05) is 13.8 Å². The van der Waals surface area contributed by atoms with Crippen molar-refractivity contribution >= 4 is 5.91 Å². The predicted octanol–water partition coefficient (Wildman–Crippen LogP) is 1.59. The Balaban J connectivity index is 1.82. The Morgan fingerprint density at radius 3 is 2.62 bits per heavy atom. The van der Waals surface area contributed by atoms with Crippen LogP contribution >= 0.6 is 0 Å². The molecule has 1 aromatic rings. The Hall–Kier alpha value is -1.33. The van der Waals surface area contributed by atoms with Gasteiger partial charge in [0.05, 0.1) is 18.8 Å². The lowest BCUT2D eigenvalue weighted by Gasteiger charge is -2.29. The summed E-state index contributed by atoms with van der Waals surface area (Å²) in [5.74, 6) is 2.90. The minimum Gasteiger partial charge on any atom is -0.466 e. The molecule has 0 radical (unpaired) electrons. The molecule has 1 aliphatic carbocycles. The molecule has 118 valence electrons. The quantitative estimate of drug-likeness (QED) is 0.680. The molecule has 0 saturated heterocycles. The first-order valence-electron chi connectivity index (χ1n) is 7.65. The third kappa shape index (κ3) is 3.86. The summed E-state index contributed by atoms with van der Waals surface area (Å²) in [5.41, 5.74) is -0.922. The van der Waals surface area contributed by atoms with Crippen molar-refractivity contribution in [3.8, 4) is 0 Å². The van der Waals surface area contributed by atoms with E-state index in [4.69, 9.17) is 4.42 Å². The van der Waals surface area contributed by atoms with E-state index in [2.05, 4.69) is 12.2 Å². The van der Waals surface area contributed by atoms with Gasteiger partial charge in [-0.15, -0.1) is 0 Å². The van der Waals surface area contributed by atoms with Crippen LogP contribution in [0, 0.1) is 5.92 Å². The molecular formula is C16H25NO4. The van der Waals surface area contributed by atoms with Crippen molar-refractivity contribution in [1.82, 2.24) is 5.32 Å². The van der Waals surface area contributed by atoms with Gasteiger partial charge in [0.25, 0.3) is 0 Å². The fourth-order valence-corrected chi connectivity index (χ4v) is 2.48. The first-order valence-corrected chi connectivity index (χ1v) is 7.65. The first-order chi connectivity index (χ1) is 10.0. The van der Waals surface area contributed by atoms with Crippen LogP contribution in [0.1, 0.15) is 50.5 Å². The van der Waals surface area contributed by atoms with Crippen LogP contribution in [0.4, 0.5) is 0 Å². The van der Waals surface area contributed by atoms with Crippen LogP contribution in [0.15, 0.2) is 16.5 Å². The second-order valence-electron chi connectivity index (χ2n) is 6.12. The summed E-state index contributed by atoms with van der Waals surface area (Å²) in [7, 11) is 0. The molecule has 1 fully saturated rings. The predicted molar refractivity (Wildman–Crippen MR) is 78.9 cm³/mol. The molecule has 5 heteroatoms. The van der Waals surface area contributed by atoms with Gasteiger partial charge < -0.3 is 19.9 Å². The highest BCUT2D eigenvalue weighted by molar-refractivity contribution is 5.77. The number of aliphatic hydroxyl groups excluding tert-OH is 2. The maximum Gasteiger partial charge on any atom is 0.221 e. The molecule has 2 rings (SSSR count). The normalized spacial score (nSPS) is 21.3. The molecule has 1 amide bonds. The molecule has 0 aliphatic heterocycles. The molecule has 1 saturated carbocycles. The van der Waals surface area contributed by atoms with Crippen LogP contribution in [0.3, 0.4) is 0 Å². The summed E-state index contributed by atoms with van der Waals surface area (Å²) >= 11 is 0. The monoisotopic (exact) mass is 295 g/mol. The van der Waals surface area contributed by atoms with Gasteiger partial charge in [0.1, 0.15) is 11.5 Å². The van der Waals surface area contributed by atoms with Gasteiger partial charge in [-0.2, -0.15) is 0 Å². The molecule has 21 heavy (non-hydrogen) atoms. The zero-order chi connectivity index (χ0) is 15.5. The van der Waals surface area contributed by atoms with Gasteiger partial charge in [0, 0.05) is 18.8 Å². The van der Waals surface area contributed by atoms with E-state index in [1.165, 1.54) is 6.42 Å². The molecule has 0 aromatic carbocycles. The lowest BCUT2D eigenvalue weighted by molar-refractivity contribution is -0.124. The summed E-state index contributed by atoms with van der Waals surface area (Å²) in [6.07, 6.45) is 2.48. The van der Waals surface area contributed by atoms with Gasteiger partial charge in [-0.25, -0.2) is 0 Å². The second kappa shape index (κ2) is 6.62. The average Bonchev–Trinajstić information content (AvgIpc) is 3.04. The molecular weight excluding hydrogens is 270 g/mol. The average molecular weight is 295 g/mol. The van der Waals surface area contributed by atoms with Crippen LogP contribution < -0.4 is 5.32 Å². The van der Waals surface area contributed by atoms with Gasteiger partial charge in [0.2, 0.25) is 5.91 Å². The van der Waals surface area contributed by atoms with E-state index < -0.39 is 5.54 Å². The molecule has 0 bridgehead atoms. The number of hydrogen-bond donors (Lipinski definition) is 3. The van der Waals surface area contributed by atoms with Crippen molar-refractivity contribution < 1.29 is 19.4 Å². The number of rotatable bonds is 8. The van der Waals surface area contributed by atoms with E-state index in [-0.39, 0.29) is 25.5 Å². The van der Waals surface area contributed by atoms with Crippen molar-refractivity contribution in [2.75, 3.05) is 13.2 Å². The summed E-state index contributed by atoms with van der Waals surface area (Å²) in [5, 5.41) is 21.3. The number of aryl methyl sites for hydroxylation is 1. The zero-order valence-electron chi connectivity index (χ0n) is 12.8. The second-order valence-corrected chi connectivity index (χ2v) is 6.12. The largest absolute Gasteiger partial charge is 0.466 e. The van der Waals surface area contributed by atoms with Crippen molar-refractivity contribution in [3.63, 3.8) is 0 Å². The van der Waals surface area contributed by atoms with Gasteiger partial charge in [-0.05, 0) is 30.9 Å². The number of carbonyl (C=O) groups excluding carboxylic acids is 1. The maximum absolute atomic E-state index is 11.9. The third-order valence-corrected chi connectivity index (χ3v) is 4.44. The van der Waals surface area contributed by atoms with Crippen LogP contribution in [0.5, 0.6) is 0 Å². The van der Waals surface area contributed by atoms with Gasteiger partial charge in [0.15, 0.2) is 0 Å². The van der Waals surface area contributed by atoms with Crippen LogP contribution in [0.25, 0.3) is 0 Å². The Bertz CT molecular complexity index is 470. The van der Waals surface area contributed by atoms with Gasteiger partial charge in [-0.3, -0.25) is 4.79 Å². The Morgan fingerprint density at radius 2 is 2.10 bits per heavy atom. The Labute approximate surface area is 125 Å². The highest BCUT2D eigenvalue weighted by Gasteiger charge is 2.36. The van der Waals surface area contributed by atoms with Gasteiger partial charge >= 0.3 is 0 Å². The Kier molecular flexibility index (Phi) is 5.06. The standard InChI is InChI=1S/C16H25NO4/c1-3-16(9-18,10-19)17-15(20)7-5-12-4-6-14(21-12)13-8-11(13)2/h4,6,11,13,18-19H,3,5,7-10H2,1-2H3,(H,17,20). The summed E-state index contributed by atoms with van der Waals surface area (Å²) in [6.45, 7) is 3.49. The van der Waals surface area contributed by atoms with Crippen LogP contribution in [-0.2, 0) is 11.2 Å². The molecule has 5 nitrogen and oxygen atoms in total. The number of furan rings is 1. The van der Waals surface area contributed by atoms with E-state index in [9.17, 15) is 15.0 Å². The smallest absolute Gasteiger partial charge is 0.221 e. The van der Waals surface area contributed by atoms with Crippen molar-refractivity contribution in [3.05, 3.63) is 23.7 Å². The first kappa shape index (κ1) is 16.0. The number of aliphatic hydroxyl groups is 2. The van der Waals surface area contributed by atoms with E-state index in [0.717, 1.165) is 11.5 Å². The summed E-state index contributed by atoms with van der Waals surface area (Å²) < 4.78 is 5.76. The highest BCUT2D eigenvalue weighted by atomic mass is 16.3. The van der Waals surface area contributed by atoms with E-state index in [1.807, 2.05) is 19.1 Å². The molecule has 2 atom stereocenters. The van der Waals surface area contributed by atoms with Crippen molar-refractivity contribution in [2.24, 2.45) is 5.92 Å². The molecule has 2 unspecified atom stereocenters. The highest BCUT2D eigenvalue weighted by Crippen LogP contribution is 2.47. The van der Waals surface area contributed by atoms with Crippen molar-refractivity contribution in [2.45, 2.75) is 51.0 Å². The molecule has 3 N–H and O–H groups in total. The maximum atomic E-state index is 11.9. The SMILES string of the molecule is CCC(CO)(CO)NC(=O)CCc1ccc(C2CC2C)o1. The lowest BCUT2D eigenvalue weighted by Crippen LogP contribution is -2.53. The molecule has 0 spiro atoms. The van der Waals surface area contributed by atoms with Crippen LogP contribution in [-0.4, -0.2) is 34.9 Å². The van der Waals surface area contributed by atoms with E-state index in [1.54, 1.807) is 0 Å². The number of nitrogens with one attached hydrogen (secondary N) is 1. The minimum atomic E-state index is -0.922. The van der Waals surface area contributed by atoms with E-state index >= 15 is 0 Å². The molecule has 1 heterocycles. The topological polar surface area (TPSA) is 82.7 Å². The van der Waals surface area contributed by atoms with Crippen molar-refractivity contribution in [1.29, 1.82) is 0 Å². The minimum absolute atomic E-state index is 0.183. The van der Waals surface area contributed by atoms with E-state index in [0.29, 0.717) is 24.7 Å².